The summed E-state index contributed by atoms with van der Waals surface area (Å²) in [5, 5.41) is 3.94. The van der Waals surface area contributed by atoms with Gasteiger partial charge in [-0.2, -0.15) is 0 Å². The maximum Gasteiger partial charge on any atom is 0.123 e. The van der Waals surface area contributed by atoms with Crippen LogP contribution in [0, 0.1) is 5.82 Å². The lowest BCUT2D eigenvalue weighted by molar-refractivity contribution is 0.576. The van der Waals surface area contributed by atoms with Crippen molar-refractivity contribution in [2.24, 2.45) is 0 Å². The van der Waals surface area contributed by atoms with Crippen LogP contribution in [0.2, 0.25) is 5.02 Å². The Bertz CT molecular complexity index is 545. The van der Waals surface area contributed by atoms with Gasteiger partial charge in [-0.05, 0) is 42.8 Å². The first-order valence-electron chi connectivity index (χ1n) is 6.31. The maximum absolute atomic E-state index is 13.4. The highest BCUT2D eigenvalue weighted by molar-refractivity contribution is 6.31. The van der Waals surface area contributed by atoms with Gasteiger partial charge in [0, 0.05) is 6.20 Å². The molecule has 0 fully saturated rings. The van der Waals surface area contributed by atoms with E-state index >= 15 is 0 Å². The Hall–Kier alpha value is -1.45. The van der Waals surface area contributed by atoms with Crippen molar-refractivity contribution in [2.45, 2.75) is 19.4 Å². The molecule has 2 nitrogen and oxygen atoms in total. The third kappa shape index (κ3) is 3.52. The number of nitrogens with one attached hydrogen (secondary N) is 1. The minimum atomic E-state index is -0.257. The monoisotopic (exact) mass is 278 g/mol. The van der Waals surface area contributed by atoms with Gasteiger partial charge in [-0.25, -0.2) is 4.39 Å². The summed E-state index contributed by atoms with van der Waals surface area (Å²) in [6.45, 7) is 2.89. The van der Waals surface area contributed by atoms with E-state index in [1.165, 1.54) is 12.1 Å². The van der Waals surface area contributed by atoms with Crippen LogP contribution >= 0.6 is 11.6 Å². The van der Waals surface area contributed by atoms with E-state index in [4.69, 9.17) is 11.6 Å². The molecule has 1 atom stereocenters. The summed E-state index contributed by atoms with van der Waals surface area (Å²) in [5.74, 6) is -0.257. The molecule has 4 heteroatoms. The van der Waals surface area contributed by atoms with E-state index in [0.29, 0.717) is 5.02 Å². The molecule has 1 aromatic heterocycles. The van der Waals surface area contributed by atoms with Gasteiger partial charge >= 0.3 is 0 Å². The zero-order valence-corrected chi connectivity index (χ0v) is 11.5. The van der Waals surface area contributed by atoms with E-state index in [9.17, 15) is 4.39 Å². The molecule has 1 heterocycles. The van der Waals surface area contributed by atoms with Gasteiger partial charge in [0.2, 0.25) is 0 Å². The van der Waals surface area contributed by atoms with Crippen LogP contribution in [-0.2, 0) is 0 Å². The van der Waals surface area contributed by atoms with Crippen LogP contribution < -0.4 is 5.32 Å². The predicted molar refractivity (Wildman–Crippen MR) is 75.8 cm³/mol. The second-order valence-corrected chi connectivity index (χ2v) is 4.72. The smallest absolute Gasteiger partial charge is 0.123 e. The molecule has 0 aliphatic carbocycles. The Labute approximate surface area is 117 Å². The number of hydrogen-bond donors (Lipinski definition) is 1. The van der Waals surface area contributed by atoms with Crippen molar-refractivity contribution in [3.63, 3.8) is 0 Å². The summed E-state index contributed by atoms with van der Waals surface area (Å²) >= 11 is 6.19. The van der Waals surface area contributed by atoms with E-state index in [2.05, 4.69) is 17.2 Å². The van der Waals surface area contributed by atoms with Gasteiger partial charge in [0.1, 0.15) is 5.82 Å². The van der Waals surface area contributed by atoms with E-state index in [1.807, 2.05) is 6.07 Å². The topological polar surface area (TPSA) is 24.9 Å². The molecule has 0 radical (unpaired) electrons. The Morgan fingerprint density at radius 3 is 2.84 bits per heavy atom. The lowest BCUT2D eigenvalue weighted by Gasteiger charge is -2.19. The van der Waals surface area contributed by atoms with Gasteiger partial charge in [-0.15, -0.1) is 0 Å². The van der Waals surface area contributed by atoms with Crippen LogP contribution in [-0.4, -0.2) is 11.5 Å². The standard InChI is InChI=1S/C15H16ClFN2/c1-2-8-18-14(11-5-3-6-12(17)10-11)15-13(16)7-4-9-19-15/h3-7,9-10,14,18H,2,8H2,1H3. The maximum atomic E-state index is 13.4. The Balaban J connectivity index is 2.38. The second kappa shape index (κ2) is 6.64. The quantitative estimate of drug-likeness (QED) is 0.895. The first-order valence-corrected chi connectivity index (χ1v) is 6.69. The Kier molecular flexibility index (Phi) is 4.88. The molecule has 2 aromatic rings. The van der Waals surface area contributed by atoms with Crippen molar-refractivity contribution in [3.8, 4) is 0 Å². The van der Waals surface area contributed by atoms with Crippen molar-refractivity contribution >= 4 is 11.6 Å². The minimum absolute atomic E-state index is 0.190. The molecule has 0 aliphatic rings. The Morgan fingerprint density at radius 1 is 1.32 bits per heavy atom. The van der Waals surface area contributed by atoms with Gasteiger partial charge < -0.3 is 5.32 Å². The molecule has 2 rings (SSSR count). The van der Waals surface area contributed by atoms with E-state index in [-0.39, 0.29) is 11.9 Å². The molecule has 0 spiro atoms. The van der Waals surface area contributed by atoms with Crippen LogP contribution in [0.25, 0.3) is 0 Å². The van der Waals surface area contributed by atoms with Crippen LogP contribution in [0.15, 0.2) is 42.6 Å². The number of pyridine rings is 1. The summed E-state index contributed by atoms with van der Waals surface area (Å²) in [6.07, 6.45) is 2.68. The molecule has 0 aliphatic heterocycles. The van der Waals surface area contributed by atoms with Crippen molar-refractivity contribution < 1.29 is 4.39 Å². The lowest BCUT2D eigenvalue weighted by atomic mass is 10.0. The number of hydrogen-bond acceptors (Lipinski definition) is 2. The first kappa shape index (κ1) is 14.0. The van der Waals surface area contributed by atoms with Crippen molar-refractivity contribution in [3.05, 3.63) is 64.7 Å². The number of rotatable bonds is 5. The minimum Gasteiger partial charge on any atom is -0.305 e. The zero-order chi connectivity index (χ0) is 13.7. The van der Waals surface area contributed by atoms with Crippen LogP contribution in [0.3, 0.4) is 0 Å². The molecule has 0 saturated heterocycles. The van der Waals surface area contributed by atoms with Gasteiger partial charge in [0.05, 0.1) is 16.8 Å². The number of nitrogens with zero attached hydrogens (tertiary/aromatic N) is 1. The van der Waals surface area contributed by atoms with Crippen LogP contribution in [0.1, 0.15) is 30.6 Å². The normalized spacial score (nSPS) is 12.4. The van der Waals surface area contributed by atoms with Crippen LogP contribution in [0.5, 0.6) is 0 Å². The zero-order valence-electron chi connectivity index (χ0n) is 10.7. The van der Waals surface area contributed by atoms with Gasteiger partial charge in [0.15, 0.2) is 0 Å². The summed E-state index contributed by atoms with van der Waals surface area (Å²) in [5.41, 5.74) is 1.55. The average Bonchev–Trinajstić information content (AvgIpc) is 2.41. The molecule has 1 N–H and O–H groups in total. The predicted octanol–water partition coefficient (Wildman–Crippen LogP) is 3.96. The van der Waals surface area contributed by atoms with Crippen molar-refractivity contribution in [2.75, 3.05) is 6.54 Å². The van der Waals surface area contributed by atoms with Crippen molar-refractivity contribution in [1.82, 2.24) is 10.3 Å². The number of benzene rings is 1. The molecule has 100 valence electrons. The molecule has 0 amide bonds. The molecule has 19 heavy (non-hydrogen) atoms. The number of halogens is 2. The number of aromatic nitrogens is 1. The third-order valence-corrected chi connectivity index (χ3v) is 3.16. The summed E-state index contributed by atoms with van der Waals surface area (Å²) in [7, 11) is 0. The molecular formula is C15H16ClFN2. The molecule has 0 bridgehead atoms. The van der Waals surface area contributed by atoms with Gasteiger partial charge in [0.25, 0.3) is 0 Å². The third-order valence-electron chi connectivity index (χ3n) is 2.84. The second-order valence-electron chi connectivity index (χ2n) is 4.31. The highest BCUT2D eigenvalue weighted by Gasteiger charge is 2.17. The molecule has 0 saturated carbocycles. The Morgan fingerprint density at radius 2 is 2.16 bits per heavy atom. The van der Waals surface area contributed by atoms with Gasteiger partial charge in [-0.3, -0.25) is 4.98 Å². The fourth-order valence-electron chi connectivity index (χ4n) is 1.96. The first-order chi connectivity index (χ1) is 9.22. The average molecular weight is 279 g/mol. The molecular weight excluding hydrogens is 263 g/mol. The van der Waals surface area contributed by atoms with E-state index in [0.717, 1.165) is 24.2 Å². The lowest BCUT2D eigenvalue weighted by Crippen LogP contribution is -2.24. The summed E-state index contributed by atoms with van der Waals surface area (Å²) in [6, 6.07) is 9.91. The van der Waals surface area contributed by atoms with Crippen LogP contribution in [0.4, 0.5) is 4.39 Å². The van der Waals surface area contributed by atoms with E-state index in [1.54, 1.807) is 24.4 Å². The SMILES string of the molecule is CCCNC(c1cccc(F)c1)c1ncccc1Cl. The highest BCUT2D eigenvalue weighted by Crippen LogP contribution is 2.26. The summed E-state index contributed by atoms with van der Waals surface area (Å²) < 4.78 is 13.4. The fourth-order valence-corrected chi connectivity index (χ4v) is 2.19. The van der Waals surface area contributed by atoms with Gasteiger partial charge in [-0.1, -0.05) is 30.7 Å². The largest absolute Gasteiger partial charge is 0.305 e. The summed E-state index contributed by atoms with van der Waals surface area (Å²) in [4.78, 5) is 4.32. The highest BCUT2D eigenvalue weighted by atomic mass is 35.5. The fraction of sp³-hybridized carbons (Fsp3) is 0.267. The van der Waals surface area contributed by atoms with Crippen molar-refractivity contribution in [1.29, 1.82) is 0 Å². The molecule has 1 unspecified atom stereocenters. The molecule has 1 aromatic carbocycles. The van der Waals surface area contributed by atoms with E-state index < -0.39 is 0 Å².